The molecule has 2 heterocycles. The van der Waals surface area contributed by atoms with Gasteiger partial charge in [-0.05, 0) is 55.8 Å². The van der Waals surface area contributed by atoms with E-state index in [0.29, 0.717) is 17.1 Å². The summed E-state index contributed by atoms with van der Waals surface area (Å²) >= 11 is 9.63. The Morgan fingerprint density at radius 1 is 1.10 bits per heavy atom. The van der Waals surface area contributed by atoms with Crippen molar-refractivity contribution in [1.29, 1.82) is 0 Å². The van der Waals surface area contributed by atoms with E-state index in [0.717, 1.165) is 44.5 Å². The second-order valence-electron chi connectivity index (χ2n) is 6.91. The number of nitrogens with zero attached hydrogens (tertiary/aromatic N) is 1. The molecule has 0 aliphatic carbocycles. The first-order valence-electron chi connectivity index (χ1n) is 9.60. The third-order valence-corrected chi connectivity index (χ3v) is 7.03. The Morgan fingerprint density at radius 2 is 1.97 bits per heavy atom. The van der Waals surface area contributed by atoms with Crippen LogP contribution in [0, 0.1) is 6.92 Å². The van der Waals surface area contributed by atoms with Crippen molar-refractivity contribution in [1.82, 2.24) is 5.32 Å². The summed E-state index contributed by atoms with van der Waals surface area (Å²) in [5.41, 5.74) is 3.43. The molecule has 29 heavy (non-hydrogen) atoms. The summed E-state index contributed by atoms with van der Waals surface area (Å²) in [4.78, 5) is 22.0. The third-order valence-electron chi connectivity index (χ3n) is 4.66. The summed E-state index contributed by atoms with van der Waals surface area (Å²) in [6.45, 7) is 4.89. The average molecular weight is 441 g/mol. The highest BCUT2D eigenvalue weighted by atomic mass is 35.5. The van der Waals surface area contributed by atoms with Crippen molar-refractivity contribution in [2.24, 2.45) is 4.99 Å². The van der Waals surface area contributed by atoms with Gasteiger partial charge >= 0.3 is 0 Å². The second-order valence-corrected chi connectivity index (χ2v) is 9.71. The second kappa shape index (κ2) is 8.74. The van der Waals surface area contributed by atoms with Crippen LogP contribution in [0.1, 0.15) is 45.4 Å². The number of thiophene rings is 1. The van der Waals surface area contributed by atoms with Crippen LogP contribution in [0.15, 0.2) is 63.3 Å². The number of aliphatic imine (C=N–C) groups is 1. The maximum Gasteiger partial charge on any atom is 0.251 e. The lowest BCUT2D eigenvalue weighted by molar-refractivity contribution is 0.0953. The minimum absolute atomic E-state index is 0.0558. The molecule has 0 fully saturated rings. The molecule has 3 nitrogen and oxygen atoms in total. The van der Waals surface area contributed by atoms with Gasteiger partial charge < -0.3 is 5.32 Å². The van der Waals surface area contributed by atoms with Crippen molar-refractivity contribution in [2.75, 3.05) is 6.54 Å². The number of hydrogen-bond acceptors (Lipinski definition) is 4. The third kappa shape index (κ3) is 4.42. The van der Waals surface area contributed by atoms with E-state index in [-0.39, 0.29) is 5.91 Å². The maximum absolute atomic E-state index is 12.5. The van der Waals surface area contributed by atoms with Gasteiger partial charge in [0.25, 0.3) is 5.91 Å². The molecule has 3 aromatic rings. The van der Waals surface area contributed by atoms with Crippen molar-refractivity contribution in [3.8, 4) is 0 Å². The molecular weight excluding hydrogens is 420 g/mol. The normalized spacial score (nSPS) is 12.6. The zero-order valence-electron chi connectivity index (χ0n) is 16.3. The van der Waals surface area contributed by atoms with Crippen molar-refractivity contribution in [2.45, 2.75) is 36.5 Å². The van der Waals surface area contributed by atoms with Gasteiger partial charge in [0.05, 0.1) is 16.3 Å². The van der Waals surface area contributed by atoms with Crippen molar-refractivity contribution in [3.05, 3.63) is 74.4 Å². The molecule has 1 aliphatic heterocycles. The van der Waals surface area contributed by atoms with Gasteiger partial charge in [0.2, 0.25) is 0 Å². The van der Waals surface area contributed by atoms with Crippen LogP contribution in [-0.2, 0) is 0 Å². The molecule has 0 unspecified atom stereocenters. The summed E-state index contributed by atoms with van der Waals surface area (Å²) in [5, 5.41) is 3.69. The number of benzene rings is 2. The number of rotatable bonds is 5. The number of fused-ring (bicyclic) bond motifs is 2. The number of nitrogens with one attached hydrogen (secondary N) is 1. The smallest absolute Gasteiger partial charge is 0.251 e. The van der Waals surface area contributed by atoms with Gasteiger partial charge in [0.15, 0.2) is 0 Å². The first kappa shape index (κ1) is 20.2. The van der Waals surface area contributed by atoms with Crippen molar-refractivity contribution >= 4 is 52.0 Å². The van der Waals surface area contributed by atoms with Crippen molar-refractivity contribution < 1.29 is 4.79 Å². The minimum Gasteiger partial charge on any atom is -0.352 e. The van der Waals surface area contributed by atoms with E-state index in [1.54, 1.807) is 23.1 Å². The van der Waals surface area contributed by atoms with Crippen LogP contribution in [0.3, 0.4) is 0 Å². The molecule has 0 atom stereocenters. The molecule has 1 aliphatic rings. The fourth-order valence-corrected chi connectivity index (χ4v) is 5.29. The van der Waals surface area contributed by atoms with Crippen LogP contribution in [0.25, 0.3) is 0 Å². The predicted molar refractivity (Wildman–Crippen MR) is 124 cm³/mol. The zero-order chi connectivity index (χ0) is 20.4. The van der Waals surface area contributed by atoms with Crippen LogP contribution < -0.4 is 5.32 Å². The highest BCUT2D eigenvalue weighted by Crippen LogP contribution is 2.43. The summed E-state index contributed by atoms with van der Waals surface area (Å²) in [6, 6.07) is 15.9. The molecule has 4 rings (SSSR count). The Labute approximate surface area is 184 Å². The molecule has 6 heteroatoms. The molecule has 1 N–H and O–H groups in total. The number of carbonyl (C=O) groups is 1. The van der Waals surface area contributed by atoms with Crippen molar-refractivity contribution in [3.63, 3.8) is 0 Å². The Kier molecular flexibility index (Phi) is 6.09. The fraction of sp³-hybridized carbons (Fsp3) is 0.217. The number of hydrogen-bond donors (Lipinski definition) is 1. The summed E-state index contributed by atoms with van der Waals surface area (Å²) < 4.78 is 0. The Morgan fingerprint density at radius 3 is 2.72 bits per heavy atom. The van der Waals surface area contributed by atoms with E-state index in [9.17, 15) is 4.79 Å². The van der Waals surface area contributed by atoms with E-state index in [1.807, 2.05) is 36.4 Å². The monoisotopic (exact) mass is 440 g/mol. The van der Waals surface area contributed by atoms with Gasteiger partial charge in [-0.3, -0.25) is 4.79 Å². The molecule has 148 valence electrons. The van der Waals surface area contributed by atoms with Gasteiger partial charge in [0.1, 0.15) is 0 Å². The van der Waals surface area contributed by atoms with Gasteiger partial charge in [-0.1, -0.05) is 42.8 Å². The molecule has 0 saturated carbocycles. The Balaban J connectivity index is 1.79. The lowest BCUT2D eigenvalue weighted by atomic mass is 10.1. The van der Waals surface area contributed by atoms with Crippen LogP contribution in [0.4, 0.5) is 5.69 Å². The minimum atomic E-state index is -0.0558. The van der Waals surface area contributed by atoms with Crippen LogP contribution in [-0.4, -0.2) is 18.2 Å². The number of halogens is 1. The molecule has 2 aromatic carbocycles. The summed E-state index contributed by atoms with van der Waals surface area (Å²) in [6.07, 6.45) is 2.03. The SMILES string of the molecule is CCCCNC(=O)c1ccc2c(c1)N=C(c1ccc(C)s1)c1ccc(Cl)cc1S2. The van der Waals surface area contributed by atoms with E-state index < -0.39 is 0 Å². The standard InChI is InChI=1S/C23H21ClN2OS2/c1-3-4-11-25-23(27)15-6-10-19-18(12-15)26-22(20-9-5-14(2)28-20)17-8-7-16(24)13-21(17)29-19/h5-10,12-13H,3-4,11H2,1-2H3,(H,25,27). The van der Waals surface area contributed by atoms with Gasteiger partial charge in [0, 0.05) is 37.4 Å². The summed E-state index contributed by atoms with van der Waals surface area (Å²) in [7, 11) is 0. The topological polar surface area (TPSA) is 41.5 Å². The first-order valence-corrected chi connectivity index (χ1v) is 11.6. The molecule has 0 bridgehead atoms. The number of aryl methyl sites for hydroxylation is 1. The van der Waals surface area contributed by atoms with Crippen LogP contribution >= 0.6 is 34.7 Å². The predicted octanol–water partition coefficient (Wildman–Crippen LogP) is 6.87. The van der Waals surface area contributed by atoms with E-state index in [4.69, 9.17) is 16.6 Å². The molecule has 1 amide bonds. The Hall–Kier alpha value is -2.08. The van der Waals surface area contributed by atoms with E-state index >= 15 is 0 Å². The summed E-state index contributed by atoms with van der Waals surface area (Å²) in [5.74, 6) is -0.0558. The highest BCUT2D eigenvalue weighted by Gasteiger charge is 2.21. The molecular formula is C23H21ClN2OS2. The van der Waals surface area contributed by atoms with Crippen LogP contribution in [0.5, 0.6) is 0 Å². The van der Waals surface area contributed by atoms with Gasteiger partial charge in [-0.25, -0.2) is 4.99 Å². The van der Waals surface area contributed by atoms with E-state index in [2.05, 4.69) is 31.3 Å². The molecule has 1 aromatic heterocycles. The quantitative estimate of drug-likeness (QED) is 0.344. The fourth-order valence-electron chi connectivity index (χ4n) is 3.14. The van der Waals surface area contributed by atoms with Gasteiger partial charge in [-0.2, -0.15) is 0 Å². The maximum atomic E-state index is 12.5. The highest BCUT2D eigenvalue weighted by molar-refractivity contribution is 7.99. The van der Waals surface area contributed by atoms with E-state index in [1.165, 1.54) is 4.88 Å². The zero-order valence-corrected chi connectivity index (χ0v) is 18.7. The molecule has 0 radical (unpaired) electrons. The molecule has 0 saturated heterocycles. The first-order chi connectivity index (χ1) is 14.0. The van der Waals surface area contributed by atoms with Gasteiger partial charge in [-0.15, -0.1) is 11.3 Å². The lowest BCUT2D eigenvalue weighted by Crippen LogP contribution is -2.24. The average Bonchev–Trinajstić information content (AvgIpc) is 3.06. The number of unbranched alkanes of at least 4 members (excludes halogenated alkanes) is 1. The Bertz CT molecular complexity index is 1100. The number of carbonyl (C=O) groups excluding carboxylic acids is 1. The molecule has 0 spiro atoms. The van der Waals surface area contributed by atoms with Crippen LogP contribution in [0.2, 0.25) is 5.02 Å². The lowest BCUT2D eigenvalue weighted by Gasteiger charge is -2.08. The largest absolute Gasteiger partial charge is 0.352 e. The number of amides is 1.